The smallest absolute Gasteiger partial charge is 0.222 e. The van der Waals surface area contributed by atoms with E-state index in [-0.39, 0.29) is 23.8 Å². The lowest BCUT2D eigenvalue weighted by Crippen LogP contribution is -2.55. The largest absolute Gasteiger partial charge is 0.395 e. The van der Waals surface area contributed by atoms with Gasteiger partial charge in [-0.25, -0.2) is 4.98 Å². The fraction of sp³-hybridized carbons (Fsp3) is 0.722. The summed E-state index contributed by atoms with van der Waals surface area (Å²) in [4.78, 5) is 33.9. The molecule has 0 aromatic carbocycles. The molecule has 1 N–H and O–H groups in total. The third kappa shape index (κ3) is 4.20. The van der Waals surface area contributed by atoms with Crippen molar-refractivity contribution < 1.29 is 14.7 Å². The van der Waals surface area contributed by atoms with E-state index >= 15 is 0 Å². The van der Waals surface area contributed by atoms with E-state index in [1.54, 1.807) is 16.2 Å². The standard InChI is InChI=1S/C18H27N3O3S/c1-14-15(25-13-19-14)3-4-16(23)20-8-2-6-18(11-20)7-5-17(24)21(12-18)9-10-22/h13,22H,2-12H2,1H3. The molecule has 1 spiro atoms. The zero-order chi connectivity index (χ0) is 17.9. The Hall–Kier alpha value is -1.47. The van der Waals surface area contributed by atoms with Crippen LogP contribution in [0.1, 0.15) is 42.7 Å². The minimum atomic E-state index is -0.00132. The normalized spacial score (nSPS) is 24.2. The summed E-state index contributed by atoms with van der Waals surface area (Å²) in [7, 11) is 0. The maximum absolute atomic E-state index is 12.7. The van der Waals surface area contributed by atoms with Crippen molar-refractivity contribution in [3.63, 3.8) is 0 Å². The number of nitrogens with zero attached hydrogens (tertiary/aromatic N) is 3. The number of likely N-dealkylation sites (tertiary alicyclic amines) is 2. The first-order valence-electron chi connectivity index (χ1n) is 9.08. The molecule has 1 aromatic heterocycles. The van der Waals surface area contributed by atoms with Gasteiger partial charge < -0.3 is 14.9 Å². The highest BCUT2D eigenvalue weighted by atomic mass is 32.1. The maximum Gasteiger partial charge on any atom is 0.222 e. The lowest BCUT2D eigenvalue weighted by Gasteiger charge is -2.48. The van der Waals surface area contributed by atoms with Gasteiger partial charge in [0.1, 0.15) is 0 Å². The van der Waals surface area contributed by atoms with Crippen LogP contribution in [0.4, 0.5) is 0 Å². The van der Waals surface area contributed by atoms with Gasteiger partial charge in [-0.15, -0.1) is 11.3 Å². The third-order valence-electron chi connectivity index (χ3n) is 5.54. The molecule has 138 valence electrons. The Morgan fingerprint density at radius 3 is 2.96 bits per heavy atom. The number of hydrogen-bond donors (Lipinski definition) is 1. The molecule has 2 aliphatic rings. The lowest BCUT2D eigenvalue weighted by atomic mass is 9.73. The minimum absolute atomic E-state index is 0.00132. The molecule has 3 rings (SSSR count). The monoisotopic (exact) mass is 365 g/mol. The summed E-state index contributed by atoms with van der Waals surface area (Å²) in [6.07, 6.45) is 4.71. The van der Waals surface area contributed by atoms with E-state index in [0.717, 1.165) is 44.5 Å². The molecule has 2 amide bonds. The second-order valence-electron chi connectivity index (χ2n) is 7.32. The van der Waals surface area contributed by atoms with Gasteiger partial charge in [-0.3, -0.25) is 9.59 Å². The van der Waals surface area contributed by atoms with Gasteiger partial charge in [0.25, 0.3) is 0 Å². The van der Waals surface area contributed by atoms with Crippen molar-refractivity contribution in [1.29, 1.82) is 0 Å². The van der Waals surface area contributed by atoms with Crippen LogP contribution in [0.25, 0.3) is 0 Å². The quantitative estimate of drug-likeness (QED) is 0.860. The Labute approximate surface area is 152 Å². The third-order valence-corrected chi connectivity index (χ3v) is 6.54. The number of hydrogen-bond acceptors (Lipinski definition) is 5. The average Bonchev–Trinajstić information content (AvgIpc) is 3.02. The summed E-state index contributed by atoms with van der Waals surface area (Å²) >= 11 is 1.62. The van der Waals surface area contributed by atoms with Crippen molar-refractivity contribution in [3.8, 4) is 0 Å². The van der Waals surface area contributed by atoms with Crippen LogP contribution in [-0.2, 0) is 16.0 Å². The number of aliphatic hydroxyl groups is 1. The number of aromatic nitrogens is 1. The van der Waals surface area contributed by atoms with Crippen LogP contribution in [0.2, 0.25) is 0 Å². The van der Waals surface area contributed by atoms with Crippen LogP contribution in [-0.4, -0.2) is 64.5 Å². The lowest BCUT2D eigenvalue weighted by molar-refractivity contribution is -0.143. The summed E-state index contributed by atoms with van der Waals surface area (Å²) in [5.41, 5.74) is 2.87. The summed E-state index contributed by atoms with van der Waals surface area (Å²) < 4.78 is 0. The zero-order valence-corrected chi connectivity index (χ0v) is 15.7. The van der Waals surface area contributed by atoms with E-state index in [4.69, 9.17) is 0 Å². The number of aliphatic hydroxyl groups excluding tert-OH is 1. The number of piperidine rings is 2. The van der Waals surface area contributed by atoms with Gasteiger partial charge in [-0.1, -0.05) is 0 Å². The fourth-order valence-electron chi connectivity index (χ4n) is 4.13. The van der Waals surface area contributed by atoms with Gasteiger partial charge in [0.05, 0.1) is 17.8 Å². The average molecular weight is 365 g/mol. The number of thiazole rings is 1. The molecule has 0 aliphatic carbocycles. The van der Waals surface area contributed by atoms with Gasteiger partial charge in [-0.05, 0) is 32.6 Å². The Morgan fingerprint density at radius 1 is 1.40 bits per heavy atom. The molecule has 0 bridgehead atoms. The van der Waals surface area contributed by atoms with Gasteiger partial charge >= 0.3 is 0 Å². The number of carbonyl (C=O) groups excluding carboxylic acids is 2. The molecular formula is C18H27N3O3S. The van der Waals surface area contributed by atoms with Crippen molar-refractivity contribution in [2.75, 3.05) is 32.8 Å². The number of amides is 2. The molecule has 6 nitrogen and oxygen atoms in total. The van der Waals surface area contributed by atoms with E-state index in [0.29, 0.717) is 25.9 Å². The molecule has 1 unspecified atom stereocenters. The molecular weight excluding hydrogens is 338 g/mol. The molecule has 2 aliphatic heterocycles. The van der Waals surface area contributed by atoms with E-state index < -0.39 is 0 Å². The summed E-state index contributed by atoms with van der Waals surface area (Å²) in [5, 5.41) is 9.18. The summed E-state index contributed by atoms with van der Waals surface area (Å²) in [6, 6.07) is 0. The second kappa shape index (κ2) is 7.83. The molecule has 2 saturated heterocycles. The highest BCUT2D eigenvalue weighted by Gasteiger charge is 2.42. The Balaban J connectivity index is 1.59. The molecule has 3 heterocycles. The van der Waals surface area contributed by atoms with Crippen LogP contribution < -0.4 is 0 Å². The van der Waals surface area contributed by atoms with Gasteiger partial charge in [-0.2, -0.15) is 0 Å². The molecule has 1 atom stereocenters. The highest BCUT2D eigenvalue weighted by molar-refractivity contribution is 7.09. The number of β-amino-alcohol motifs (C(OH)–C–C–N with tert-alkyl or cyclic N) is 1. The van der Waals surface area contributed by atoms with Crippen LogP contribution >= 0.6 is 11.3 Å². The van der Waals surface area contributed by atoms with Crippen LogP contribution in [0.3, 0.4) is 0 Å². The first kappa shape index (κ1) is 18.3. The molecule has 1 aromatic rings. The molecule has 2 fully saturated rings. The van der Waals surface area contributed by atoms with Crippen LogP contribution in [0.15, 0.2) is 5.51 Å². The van der Waals surface area contributed by atoms with E-state index in [9.17, 15) is 14.7 Å². The first-order chi connectivity index (χ1) is 12.0. The van der Waals surface area contributed by atoms with Gasteiger partial charge in [0.15, 0.2) is 0 Å². The Morgan fingerprint density at radius 2 is 2.24 bits per heavy atom. The Kier molecular flexibility index (Phi) is 5.74. The molecule has 0 saturated carbocycles. The zero-order valence-electron chi connectivity index (χ0n) is 14.9. The van der Waals surface area contributed by atoms with Crippen molar-refractivity contribution in [3.05, 3.63) is 16.1 Å². The van der Waals surface area contributed by atoms with E-state index in [2.05, 4.69) is 4.98 Å². The minimum Gasteiger partial charge on any atom is -0.395 e. The topological polar surface area (TPSA) is 73.7 Å². The van der Waals surface area contributed by atoms with Crippen molar-refractivity contribution in [1.82, 2.24) is 14.8 Å². The Bertz CT molecular complexity index is 633. The van der Waals surface area contributed by atoms with Crippen LogP contribution in [0, 0.1) is 12.3 Å². The summed E-state index contributed by atoms with van der Waals surface area (Å²) in [5.74, 6) is 0.335. The van der Waals surface area contributed by atoms with Crippen molar-refractivity contribution >= 4 is 23.2 Å². The number of aryl methyl sites for hydroxylation is 2. The number of carbonyl (C=O) groups is 2. The molecule has 7 heteroatoms. The van der Waals surface area contributed by atoms with E-state index in [1.807, 2.05) is 17.3 Å². The molecule has 0 radical (unpaired) electrons. The van der Waals surface area contributed by atoms with Gasteiger partial charge in [0.2, 0.25) is 11.8 Å². The predicted octanol–water partition coefficient (Wildman–Crippen LogP) is 1.61. The fourth-order valence-corrected chi connectivity index (χ4v) is 4.91. The maximum atomic E-state index is 12.7. The SMILES string of the molecule is Cc1ncsc1CCC(=O)N1CCCC2(CCC(=O)N(CCO)C2)C1. The summed E-state index contributed by atoms with van der Waals surface area (Å²) in [6.45, 7) is 4.61. The highest BCUT2D eigenvalue weighted by Crippen LogP contribution is 2.39. The van der Waals surface area contributed by atoms with Crippen LogP contribution in [0.5, 0.6) is 0 Å². The predicted molar refractivity (Wildman–Crippen MR) is 96.3 cm³/mol. The first-order valence-corrected chi connectivity index (χ1v) is 9.96. The second-order valence-corrected chi connectivity index (χ2v) is 8.26. The van der Waals surface area contributed by atoms with Gasteiger partial charge in [0, 0.05) is 49.3 Å². The van der Waals surface area contributed by atoms with Crippen molar-refractivity contribution in [2.24, 2.45) is 5.41 Å². The molecule has 25 heavy (non-hydrogen) atoms. The van der Waals surface area contributed by atoms with Crippen molar-refractivity contribution in [2.45, 2.75) is 45.4 Å². The number of rotatable bonds is 5. The van der Waals surface area contributed by atoms with E-state index in [1.165, 1.54) is 4.88 Å².